The molecular weight excluding hydrogens is 440 g/mol. The lowest BCUT2D eigenvalue weighted by Gasteiger charge is -2.31. The Hall–Kier alpha value is -3.69. The highest BCUT2D eigenvalue weighted by Crippen LogP contribution is 2.43. The van der Waals surface area contributed by atoms with E-state index in [2.05, 4.69) is 0 Å². The minimum absolute atomic E-state index is 0.0179. The third-order valence-electron chi connectivity index (χ3n) is 6.81. The van der Waals surface area contributed by atoms with Gasteiger partial charge >= 0.3 is 5.97 Å². The van der Waals surface area contributed by atoms with Gasteiger partial charge in [0.15, 0.2) is 17.1 Å². The second-order valence-electron chi connectivity index (χ2n) is 8.59. The predicted molar refractivity (Wildman–Crippen MR) is 121 cm³/mol. The molecule has 3 aromatic rings. The number of rotatable bonds is 4. The zero-order valence-corrected chi connectivity index (χ0v) is 18.5. The van der Waals surface area contributed by atoms with Gasteiger partial charge in [-0.25, -0.2) is 9.78 Å². The maximum atomic E-state index is 13.5. The molecule has 0 saturated heterocycles. The number of aliphatic hydroxyl groups is 2. The molecule has 6 rings (SSSR count). The minimum atomic E-state index is -1.88. The molecule has 0 fully saturated rings. The average Bonchev–Trinajstić information content (AvgIpc) is 3.44. The van der Waals surface area contributed by atoms with Crippen LogP contribution in [0.3, 0.4) is 0 Å². The number of hydrogen-bond acceptors (Lipinski definition) is 8. The van der Waals surface area contributed by atoms with E-state index in [0.29, 0.717) is 34.8 Å². The van der Waals surface area contributed by atoms with Crippen LogP contribution in [0.25, 0.3) is 28.4 Å². The Morgan fingerprint density at radius 2 is 1.94 bits per heavy atom. The molecule has 1 aromatic carbocycles. The number of cyclic esters (lactones) is 1. The number of hydrogen-bond donors (Lipinski definition) is 2. The van der Waals surface area contributed by atoms with Gasteiger partial charge in [0.1, 0.15) is 6.61 Å². The second-order valence-corrected chi connectivity index (χ2v) is 8.59. The number of nitrogens with zero attached hydrogens (tertiary/aromatic N) is 2. The molecule has 3 aliphatic rings. The van der Waals surface area contributed by atoms with E-state index in [1.165, 1.54) is 0 Å². The Morgan fingerprint density at radius 1 is 1.15 bits per heavy atom. The molecule has 3 aliphatic heterocycles. The van der Waals surface area contributed by atoms with Gasteiger partial charge in [0, 0.05) is 29.2 Å². The first-order valence-electron chi connectivity index (χ1n) is 11.2. The fraction of sp³-hybridized carbons (Fsp3) is 0.320. The summed E-state index contributed by atoms with van der Waals surface area (Å²) in [4.78, 5) is 30.7. The number of pyridine rings is 2. The van der Waals surface area contributed by atoms with Crippen molar-refractivity contribution >= 4 is 22.9 Å². The van der Waals surface area contributed by atoms with Crippen LogP contribution in [-0.2, 0) is 28.3 Å². The van der Waals surface area contributed by atoms with Gasteiger partial charge in [0.2, 0.25) is 6.79 Å². The first-order valence-corrected chi connectivity index (χ1v) is 11.2. The van der Waals surface area contributed by atoms with Crippen molar-refractivity contribution in [2.75, 3.05) is 13.4 Å². The van der Waals surface area contributed by atoms with Crippen LogP contribution < -0.4 is 15.0 Å². The number of aromatic nitrogens is 2. The normalized spacial score (nSPS) is 19.9. The summed E-state index contributed by atoms with van der Waals surface area (Å²) in [6.07, 6.45) is 4.36. The second kappa shape index (κ2) is 7.41. The number of aliphatic hydroxyl groups excluding tert-OH is 1. The largest absolute Gasteiger partial charge is 0.458 e. The molecule has 2 N–H and O–H groups in total. The van der Waals surface area contributed by atoms with Gasteiger partial charge in [0.25, 0.3) is 5.56 Å². The zero-order chi connectivity index (χ0) is 23.6. The van der Waals surface area contributed by atoms with E-state index in [9.17, 15) is 19.8 Å². The van der Waals surface area contributed by atoms with E-state index < -0.39 is 11.6 Å². The van der Waals surface area contributed by atoms with Crippen molar-refractivity contribution in [2.24, 2.45) is 0 Å². The number of carbonyl (C=O) groups excluding carboxylic acids is 1. The van der Waals surface area contributed by atoms with Gasteiger partial charge in [-0.1, -0.05) is 19.1 Å². The topological polar surface area (TPSA) is 120 Å². The standard InChI is InChI=1S/C25H22N2O7/c1-2-25(31)17-8-19-22-15(10-27(19)23(29)16(17)11-32-24(25)30)13(5-3-4-6-28)14-7-20-21(34-12-33-20)9-18(14)26-22/h3,5,7-9,28,31H,2,4,6,10-12H2,1H3/b5-3+/t25-/m0/s1. The van der Waals surface area contributed by atoms with Gasteiger partial charge in [-0.15, -0.1) is 0 Å². The fourth-order valence-corrected chi connectivity index (χ4v) is 4.97. The van der Waals surface area contributed by atoms with Crippen molar-refractivity contribution in [3.05, 3.63) is 56.9 Å². The SMILES string of the molecule is CC[C@@]1(O)C(=O)OCc2c1cc1n(c2=O)Cc2c-1nc1cc3c(cc1c2/C=C/CCO)OCO3. The fourth-order valence-electron chi connectivity index (χ4n) is 4.97. The molecule has 0 bridgehead atoms. The summed E-state index contributed by atoms with van der Waals surface area (Å²) in [7, 11) is 0. The van der Waals surface area contributed by atoms with Crippen molar-refractivity contribution in [1.82, 2.24) is 9.55 Å². The van der Waals surface area contributed by atoms with Gasteiger partial charge in [-0.05, 0) is 30.5 Å². The lowest BCUT2D eigenvalue weighted by Crippen LogP contribution is -2.44. The minimum Gasteiger partial charge on any atom is -0.458 e. The Balaban J connectivity index is 1.63. The number of ether oxygens (including phenoxy) is 3. The van der Waals surface area contributed by atoms with E-state index in [4.69, 9.17) is 19.2 Å². The molecule has 0 spiro atoms. The highest BCUT2D eigenvalue weighted by atomic mass is 16.7. The smallest absolute Gasteiger partial charge is 0.343 e. The molecule has 174 valence electrons. The molecule has 34 heavy (non-hydrogen) atoms. The maximum absolute atomic E-state index is 13.5. The molecule has 2 aromatic heterocycles. The van der Waals surface area contributed by atoms with Crippen LogP contribution in [0.4, 0.5) is 0 Å². The van der Waals surface area contributed by atoms with Crippen molar-refractivity contribution in [3.63, 3.8) is 0 Å². The summed E-state index contributed by atoms with van der Waals surface area (Å²) < 4.78 is 17.8. The summed E-state index contributed by atoms with van der Waals surface area (Å²) in [5, 5.41) is 21.2. The van der Waals surface area contributed by atoms with Crippen LogP contribution in [0.1, 0.15) is 42.0 Å². The Labute approximate surface area is 193 Å². The Kier molecular flexibility index (Phi) is 4.55. The van der Waals surface area contributed by atoms with Gasteiger partial charge in [-0.2, -0.15) is 0 Å². The molecule has 0 aliphatic carbocycles. The van der Waals surface area contributed by atoms with Gasteiger partial charge in [-0.3, -0.25) is 4.79 Å². The monoisotopic (exact) mass is 462 g/mol. The summed E-state index contributed by atoms with van der Waals surface area (Å²) in [5.74, 6) is 0.462. The molecule has 0 amide bonds. The maximum Gasteiger partial charge on any atom is 0.343 e. The molecule has 0 radical (unpaired) electrons. The van der Waals surface area contributed by atoms with Crippen molar-refractivity contribution in [2.45, 2.75) is 38.5 Å². The molecule has 1 atom stereocenters. The molecule has 0 unspecified atom stereocenters. The van der Waals surface area contributed by atoms with Crippen molar-refractivity contribution in [1.29, 1.82) is 0 Å². The van der Waals surface area contributed by atoms with Crippen molar-refractivity contribution in [3.8, 4) is 22.9 Å². The zero-order valence-electron chi connectivity index (χ0n) is 18.5. The van der Waals surface area contributed by atoms with Crippen LogP contribution in [0.2, 0.25) is 0 Å². The number of benzene rings is 1. The predicted octanol–water partition coefficient (Wildman–Crippen LogP) is 2.20. The summed E-state index contributed by atoms with van der Waals surface area (Å²) in [6.45, 7) is 1.94. The quantitative estimate of drug-likeness (QED) is 0.443. The third kappa shape index (κ3) is 2.77. The third-order valence-corrected chi connectivity index (χ3v) is 6.81. The lowest BCUT2D eigenvalue weighted by atomic mass is 9.86. The van der Waals surface area contributed by atoms with Gasteiger partial charge in [0.05, 0.1) is 29.0 Å². The first kappa shape index (κ1) is 20.9. The first-order chi connectivity index (χ1) is 16.5. The number of esters is 1. The Bertz CT molecular complexity index is 1470. The molecule has 5 heterocycles. The summed E-state index contributed by atoms with van der Waals surface area (Å²) in [6, 6.07) is 5.38. The highest BCUT2D eigenvalue weighted by Gasteiger charge is 2.45. The summed E-state index contributed by atoms with van der Waals surface area (Å²) in [5.41, 5.74) is 1.88. The molecule has 9 heteroatoms. The van der Waals surface area contributed by atoms with Gasteiger partial charge < -0.3 is 29.0 Å². The van der Waals surface area contributed by atoms with Crippen LogP contribution in [0.5, 0.6) is 11.5 Å². The number of fused-ring (bicyclic) bond motifs is 6. The lowest BCUT2D eigenvalue weighted by molar-refractivity contribution is -0.172. The van der Waals surface area contributed by atoms with Crippen LogP contribution in [0.15, 0.2) is 29.1 Å². The van der Waals surface area contributed by atoms with Crippen LogP contribution in [0, 0.1) is 0 Å². The van der Waals surface area contributed by atoms with E-state index >= 15 is 0 Å². The van der Waals surface area contributed by atoms with Crippen LogP contribution in [-0.4, -0.2) is 39.1 Å². The van der Waals surface area contributed by atoms with E-state index in [1.54, 1.807) is 23.6 Å². The van der Waals surface area contributed by atoms with E-state index in [1.807, 2.05) is 18.2 Å². The van der Waals surface area contributed by atoms with E-state index in [0.717, 1.165) is 16.5 Å². The highest BCUT2D eigenvalue weighted by molar-refractivity contribution is 5.95. The summed E-state index contributed by atoms with van der Waals surface area (Å²) >= 11 is 0. The molecular formula is C25H22N2O7. The average molecular weight is 462 g/mol. The van der Waals surface area contributed by atoms with Crippen molar-refractivity contribution < 1.29 is 29.2 Å². The van der Waals surface area contributed by atoms with Crippen LogP contribution >= 0.6 is 0 Å². The van der Waals surface area contributed by atoms with E-state index in [-0.39, 0.29) is 49.7 Å². The number of carbonyl (C=O) groups is 1. The Morgan fingerprint density at radius 3 is 2.71 bits per heavy atom. The molecule has 0 saturated carbocycles. The molecule has 9 nitrogen and oxygen atoms in total.